The lowest BCUT2D eigenvalue weighted by Crippen LogP contribution is -2.48. The molecule has 0 radical (unpaired) electrons. The van der Waals surface area contributed by atoms with Crippen molar-refractivity contribution in [1.29, 1.82) is 0 Å². The molecule has 16 heavy (non-hydrogen) atoms. The van der Waals surface area contributed by atoms with Gasteiger partial charge < -0.3 is 18.5 Å². The van der Waals surface area contributed by atoms with Gasteiger partial charge in [0.25, 0.3) is 0 Å². The minimum Gasteiger partial charge on any atom is -0.379 e. The molecule has 0 aliphatic carbocycles. The van der Waals surface area contributed by atoms with Crippen molar-refractivity contribution < 1.29 is 18.5 Å². The first kappa shape index (κ1) is 13.1. The SMILES string of the molecule is B[C@@H]1OC2(COP(B)(=S)OC2)[C@H](C)C1OC. The fourth-order valence-electron chi connectivity index (χ4n) is 2.51. The van der Waals surface area contributed by atoms with Gasteiger partial charge in [-0.2, -0.15) is 0 Å². The largest absolute Gasteiger partial charge is 0.379 e. The summed E-state index contributed by atoms with van der Waals surface area (Å²) in [7, 11) is 5.59. The van der Waals surface area contributed by atoms with Crippen molar-refractivity contribution in [3.63, 3.8) is 0 Å². The highest BCUT2D eigenvalue weighted by Gasteiger charge is 2.54. The molecule has 1 unspecified atom stereocenters. The van der Waals surface area contributed by atoms with Crippen molar-refractivity contribution in [1.82, 2.24) is 0 Å². The standard InChI is InChI=1S/C8H17B2O4PS/c1-5-6(11-2)7(9)14-8(5)3-12-15(10,16)13-4-8/h5-7H,3-4,9-10H2,1-2H3/t5-,6?,7-,8?,15?/m1/s1. The molecule has 2 saturated heterocycles. The third-order valence-corrected chi connectivity index (χ3v) is 5.39. The van der Waals surface area contributed by atoms with Crippen LogP contribution in [0.5, 0.6) is 0 Å². The smallest absolute Gasteiger partial charge is 0.214 e. The zero-order chi connectivity index (χ0) is 12.0. The predicted molar refractivity (Wildman–Crippen MR) is 70.8 cm³/mol. The minimum absolute atomic E-state index is 0.0695. The first-order chi connectivity index (χ1) is 7.40. The van der Waals surface area contributed by atoms with Crippen molar-refractivity contribution in [2.75, 3.05) is 20.3 Å². The summed E-state index contributed by atoms with van der Waals surface area (Å²) in [6.45, 7) is 3.16. The lowest BCUT2D eigenvalue weighted by atomic mass is 9.83. The van der Waals surface area contributed by atoms with E-state index in [1.165, 1.54) is 0 Å². The molecule has 2 aliphatic rings. The summed E-state index contributed by atoms with van der Waals surface area (Å²) < 4.78 is 22.7. The number of methoxy groups -OCH3 is 1. The maximum Gasteiger partial charge on any atom is 0.214 e. The van der Waals surface area contributed by atoms with Gasteiger partial charge in [-0.15, -0.1) is 0 Å². The molecule has 0 N–H and O–H groups in total. The number of rotatable bonds is 1. The van der Waals surface area contributed by atoms with Gasteiger partial charge in [-0.05, 0) is 11.8 Å². The van der Waals surface area contributed by atoms with Crippen LogP contribution in [-0.4, -0.2) is 53.4 Å². The van der Waals surface area contributed by atoms with Crippen molar-refractivity contribution >= 4 is 33.6 Å². The second-order valence-corrected chi connectivity index (χ2v) is 8.74. The van der Waals surface area contributed by atoms with Crippen LogP contribution < -0.4 is 0 Å². The van der Waals surface area contributed by atoms with E-state index < -0.39 is 6.37 Å². The van der Waals surface area contributed by atoms with Crippen molar-refractivity contribution in [2.24, 2.45) is 5.92 Å². The Bertz CT molecular complexity index is 317. The third-order valence-electron chi connectivity index (χ3n) is 3.56. The van der Waals surface area contributed by atoms with Crippen LogP contribution in [0.15, 0.2) is 0 Å². The Labute approximate surface area is 103 Å². The summed E-state index contributed by atoms with van der Waals surface area (Å²) in [5.41, 5.74) is -0.377. The first-order valence-electron chi connectivity index (χ1n) is 5.47. The Hall–Kier alpha value is 0.620. The van der Waals surface area contributed by atoms with Crippen molar-refractivity contribution in [2.45, 2.75) is 24.6 Å². The number of hydrogen-bond acceptors (Lipinski definition) is 5. The second-order valence-electron chi connectivity index (χ2n) is 4.69. The highest BCUT2D eigenvalue weighted by atomic mass is 32.4. The predicted octanol–water partition coefficient (Wildman–Crippen LogP) is -0.730. The fraction of sp³-hybridized carbons (Fsp3) is 1.00. The average Bonchev–Trinajstić information content (AvgIpc) is 2.45. The Kier molecular flexibility index (Phi) is 3.57. The summed E-state index contributed by atoms with van der Waals surface area (Å²) in [5, 5.41) is 0. The molecular weight excluding hydrogens is 245 g/mol. The topological polar surface area (TPSA) is 36.9 Å². The maximum absolute atomic E-state index is 6.00. The normalized spacial score (nSPS) is 53.2. The third kappa shape index (κ3) is 2.14. The second kappa shape index (κ2) is 4.38. The van der Waals surface area contributed by atoms with E-state index in [1.807, 2.05) is 15.4 Å². The van der Waals surface area contributed by atoms with E-state index in [0.29, 0.717) is 13.2 Å². The fourth-order valence-corrected chi connectivity index (χ4v) is 3.81. The molecular formula is C8H17B2O4PS. The molecule has 0 bridgehead atoms. The van der Waals surface area contributed by atoms with E-state index >= 15 is 0 Å². The average molecular weight is 262 g/mol. The van der Waals surface area contributed by atoms with Gasteiger partial charge in [0.15, 0.2) is 0 Å². The van der Waals surface area contributed by atoms with E-state index in [-0.39, 0.29) is 23.6 Å². The quantitative estimate of drug-likeness (QED) is 0.460. The molecule has 0 saturated carbocycles. The Morgan fingerprint density at radius 2 is 2.00 bits per heavy atom. The van der Waals surface area contributed by atoms with Crippen LogP contribution in [0.4, 0.5) is 0 Å². The van der Waals surface area contributed by atoms with Crippen LogP contribution in [0.3, 0.4) is 0 Å². The molecule has 90 valence electrons. The molecule has 0 aromatic heterocycles. The Morgan fingerprint density at radius 3 is 2.44 bits per heavy atom. The lowest BCUT2D eigenvalue weighted by molar-refractivity contribution is -0.105. The molecule has 0 aromatic rings. The highest BCUT2D eigenvalue weighted by molar-refractivity contribution is 8.21. The van der Waals surface area contributed by atoms with Crippen molar-refractivity contribution in [3.05, 3.63) is 0 Å². The number of ether oxygens (including phenoxy) is 2. The minimum atomic E-state index is -2.03. The summed E-state index contributed by atoms with van der Waals surface area (Å²) in [6, 6.07) is 0.0695. The molecule has 2 aliphatic heterocycles. The van der Waals surface area contributed by atoms with E-state index in [9.17, 15) is 0 Å². The maximum atomic E-state index is 6.00. The van der Waals surface area contributed by atoms with Crippen LogP contribution in [-0.2, 0) is 30.3 Å². The van der Waals surface area contributed by atoms with Crippen LogP contribution in [0, 0.1) is 5.92 Å². The molecule has 3 atom stereocenters. The van der Waals surface area contributed by atoms with E-state index in [2.05, 4.69) is 6.92 Å². The van der Waals surface area contributed by atoms with Crippen LogP contribution >= 0.6 is 6.37 Å². The molecule has 0 amide bonds. The van der Waals surface area contributed by atoms with Gasteiger partial charge in [0, 0.05) is 13.0 Å². The molecule has 8 heteroatoms. The van der Waals surface area contributed by atoms with Gasteiger partial charge in [-0.3, -0.25) is 0 Å². The van der Waals surface area contributed by atoms with Crippen molar-refractivity contribution in [3.8, 4) is 0 Å². The monoisotopic (exact) mass is 262 g/mol. The zero-order valence-corrected chi connectivity index (χ0v) is 11.8. The van der Waals surface area contributed by atoms with Gasteiger partial charge in [0.1, 0.15) is 19.8 Å². The van der Waals surface area contributed by atoms with E-state index in [0.717, 1.165) is 0 Å². The van der Waals surface area contributed by atoms with Gasteiger partial charge >= 0.3 is 0 Å². The van der Waals surface area contributed by atoms with Crippen LogP contribution in [0.25, 0.3) is 0 Å². The Balaban J connectivity index is 2.13. The van der Waals surface area contributed by atoms with Gasteiger partial charge in [-0.1, -0.05) is 6.92 Å². The van der Waals surface area contributed by atoms with Crippen LogP contribution in [0.1, 0.15) is 6.92 Å². The molecule has 1 spiro atoms. The van der Waals surface area contributed by atoms with E-state index in [1.54, 1.807) is 7.11 Å². The highest BCUT2D eigenvalue weighted by Crippen LogP contribution is 2.52. The number of hydrogen-bond donors (Lipinski definition) is 0. The zero-order valence-electron chi connectivity index (χ0n) is 10.1. The summed E-state index contributed by atoms with van der Waals surface area (Å²) in [5.74, 6) is 0.253. The first-order valence-corrected chi connectivity index (χ1v) is 8.56. The van der Waals surface area contributed by atoms with Gasteiger partial charge in [0.2, 0.25) is 7.57 Å². The summed E-state index contributed by atoms with van der Waals surface area (Å²) in [4.78, 5) is 0. The van der Waals surface area contributed by atoms with E-state index in [4.69, 9.17) is 30.3 Å². The lowest BCUT2D eigenvalue weighted by Gasteiger charge is -2.40. The molecule has 2 fully saturated rings. The Morgan fingerprint density at radius 1 is 1.44 bits per heavy atom. The van der Waals surface area contributed by atoms with Gasteiger partial charge in [-0.25, -0.2) is 0 Å². The molecule has 2 rings (SSSR count). The molecule has 4 nitrogen and oxygen atoms in total. The molecule has 2 heterocycles. The summed E-state index contributed by atoms with van der Waals surface area (Å²) in [6.07, 6.45) is -1.93. The summed E-state index contributed by atoms with van der Waals surface area (Å²) >= 11 is 5.22. The van der Waals surface area contributed by atoms with Crippen LogP contribution in [0.2, 0.25) is 0 Å². The van der Waals surface area contributed by atoms with Gasteiger partial charge in [0.05, 0.1) is 25.3 Å². The molecule has 0 aromatic carbocycles.